The van der Waals surface area contributed by atoms with Crippen LogP contribution in [0, 0.1) is 11.6 Å². The number of benzene rings is 2. The number of nitrogens with zero attached hydrogens (tertiary/aromatic N) is 2. The molecule has 18 heteroatoms. The molecule has 4 rings (SSSR count). The van der Waals surface area contributed by atoms with Gasteiger partial charge in [0.05, 0.1) is 55.5 Å². The van der Waals surface area contributed by atoms with Crippen LogP contribution >= 0.6 is 11.6 Å². The van der Waals surface area contributed by atoms with Crippen LogP contribution in [0.1, 0.15) is 39.0 Å². The standard InChI is InChI=1S/C16H13ClFNO4.C15H14FNO4.C2H6O4S/c1-9(20)23-8-13-14(10-3-5-11(18)6-4-10)15(17)12(7-19-13)16(21)22-2;1-17-7-11(15(19)20)14(18)13(12(17)8-21-2)9-3-5-10(16)6-4-9;1-5-7(3,4)6-2/h3-7H,8H2,1-2H3;3-7H,8H2,1-2H3,(H,19,20);1-2H3. The Kier molecular flexibility index (Phi) is 16.0. The molecule has 0 aliphatic rings. The number of ether oxygens (including phenoxy) is 3. The second kappa shape index (κ2) is 19.4. The predicted octanol–water partition coefficient (Wildman–Crippen LogP) is 4.95. The Balaban J connectivity index is 0.000000299. The summed E-state index contributed by atoms with van der Waals surface area (Å²) in [5, 5.41) is 9.22. The van der Waals surface area contributed by atoms with Crippen molar-refractivity contribution >= 4 is 39.9 Å². The highest BCUT2D eigenvalue weighted by molar-refractivity contribution is 7.81. The maximum atomic E-state index is 13.1. The first-order valence-corrected chi connectivity index (χ1v) is 15.9. The number of aryl methyl sites for hydroxylation is 1. The van der Waals surface area contributed by atoms with E-state index in [2.05, 4.69) is 18.1 Å². The number of carbonyl (C=O) groups excluding carboxylic acids is 2. The lowest BCUT2D eigenvalue weighted by Gasteiger charge is -2.15. The predicted molar refractivity (Wildman–Crippen MR) is 179 cm³/mol. The van der Waals surface area contributed by atoms with Crippen molar-refractivity contribution in [3.05, 3.63) is 110 Å². The molecule has 1 N–H and O–H groups in total. The van der Waals surface area contributed by atoms with Crippen LogP contribution in [0.3, 0.4) is 0 Å². The molecule has 0 atom stereocenters. The van der Waals surface area contributed by atoms with Crippen LogP contribution in [0.5, 0.6) is 0 Å². The average molecular weight is 755 g/mol. The third-order valence-corrected chi connectivity index (χ3v) is 7.81. The van der Waals surface area contributed by atoms with Gasteiger partial charge in [-0.15, -0.1) is 0 Å². The zero-order valence-electron chi connectivity index (χ0n) is 28.1. The number of aromatic carboxylic acids is 1. The van der Waals surface area contributed by atoms with Gasteiger partial charge in [0.25, 0.3) is 0 Å². The molecule has 14 nitrogen and oxygen atoms in total. The van der Waals surface area contributed by atoms with Crippen LogP contribution in [0.2, 0.25) is 5.02 Å². The number of pyridine rings is 2. The molecule has 0 fully saturated rings. The summed E-state index contributed by atoms with van der Waals surface area (Å²) in [5.74, 6) is -3.28. The lowest BCUT2D eigenvalue weighted by molar-refractivity contribution is -0.142. The molecular weight excluding hydrogens is 722 g/mol. The van der Waals surface area contributed by atoms with E-state index in [4.69, 9.17) is 26.2 Å². The van der Waals surface area contributed by atoms with E-state index in [1.807, 2.05) is 0 Å². The summed E-state index contributed by atoms with van der Waals surface area (Å²) in [6.07, 6.45) is 2.51. The lowest BCUT2D eigenvalue weighted by atomic mass is 10.0. The second-order valence-corrected chi connectivity index (χ2v) is 11.7. The van der Waals surface area contributed by atoms with Crippen molar-refractivity contribution in [2.24, 2.45) is 7.05 Å². The molecule has 0 unspecified atom stereocenters. The van der Waals surface area contributed by atoms with E-state index in [0.29, 0.717) is 28.1 Å². The molecule has 0 saturated heterocycles. The van der Waals surface area contributed by atoms with E-state index < -0.39 is 45.4 Å². The Labute approximate surface area is 296 Å². The van der Waals surface area contributed by atoms with Crippen LogP contribution in [0.25, 0.3) is 22.3 Å². The minimum absolute atomic E-state index is 0.0695. The van der Waals surface area contributed by atoms with E-state index in [-0.39, 0.29) is 34.9 Å². The molecule has 0 aliphatic heterocycles. The SMILES string of the molecule is COC(=O)c1cnc(COC(C)=O)c(-c2ccc(F)cc2)c1Cl.COCc1c(-c2ccc(F)cc2)c(=O)c(C(=O)O)cn1C.COS(=O)(=O)OC. The third kappa shape index (κ3) is 11.8. The Bertz CT molecular complexity index is 2010. The minimum atomic E-state index is -3.66. The molecule has 0 spiro atoms. The van der Waals surface area contributed by atoms with Crippen LogP contribution in [0.4, 0.5) is 8.78 Å². The first kappa shape index (κ1) is 42.1. The van der Waals surface area contributed by atoms with Gasteiger partial charge in [-0.3, -0.25) is 22.9 Å². The van der Waals surface area contributed by atoms with Gasteiger partial charge < -0.3 is 23.9 Å². The summed E-state index contributed by atoms with van der Waals surface area (Å²) in [6, 6.07) is 10.8. The zero-order valence-corrected chi connectivity index (χ0v) is 29.6. The quantitative estimate of drug-likeness (QED) is 0.215. The summed E-state index contributed by atoms with van der Waals surface area (Å²) in [4.78, 5) is 50.5. The summed E-state index contributed by atoms with van der Waals surface area (Å²) in [5.41, 5.74) is 1.58. The van der Waals surface area contributed by atoms with Gasteiger partial charge in [-0.1, -0.05) is 35.9 Å². The number of halogens is 3. The van der Waals surface area contributed by atoms with Crippen LogP contribution in [-0.4, -0.2) is 69.4 Å². The number of methoxy groups -OCH3 is 2. The smallest absolute Gasteiger partial charge is 0.399 e. The maximum absolute atomic E-state index is 13.1. The molecule has 4 aromatic rings. The largest absolute Gasteiger partial charge is 0.477 e. The number of esters is 2. The Hall–Kier alpha value is -5.07. The Morgan fingerprint density at radius 2 is 1.37 bits per heavy atom. The molecule has 2 aromatic carbocycles. The molecule has 0 bridgehead atoms. The van der Waals surface area contributed by atoms with Gasteiger partial charge >= 0.3 is 28.3 Å². The summed E-state index contributed by atoms with van der Waals surface area (Å²) >= 11 is 6.30. The second-order valence-electron chi connectivity index (χ2n) is 9.88. The molecule has 0 aliphatic carbocycles. The Morgan fingerprint density at radius 3 is 1.78 bits per heavy atom. The van der Waals surface area contributed by atoms with Crippen molar-refractivity contribution in [1.82, 2.24) is 9.55 Å². The lowest BCUT2D eigenvalue weighted by Crippen LogP contribution is -2.22. The molecule has 0 amide bonds. The molecule has 51 heavy (non-hydrogen) atoms. The van der Waals surface area contributed by atoms with Crippen molar-refractivity contribution in [1.29, 1.82) is 0 Å². The van der Waals surface area contributed by atoms with Gasteiger partial charge in [0.15, 0.2) is 0 Å². The summed E-state index contributed by atoms with van der Waals surface area (Å²) in [6.45, 7) is 1.28. The van der Waals surface area contributed by atoms with Crippen LogP contribution in [-0.2, 0) is 58.0 Å². The van der Waals surface area contributed by atoms with E-state index in [1.165, 1.54) is 86.6 Å². The Morgan fingerprint density at radius 1 is 0.863 bits per heavy atom. The minimum Gasteiger partial charge on any atom is -0.477 e. The fourth-order valence-corrected chi connectivity index (χ4v) is 4.66. The number of carbonyl (C=O) groups is 3. The summed E-state index contributed by atoms with van der Waals surface area (Å²) in [7, 11) is 2.73. The highest BCUT2D eigenvalue weighted by atomic mass is 35.5. The van der Waals surface area contributed by atoms with Crippen LogP contribution < -0.4 is 5.43 Å². The van der Waals surface area contributed by atoms with Crippen molar-refractivity contribution in [3.63, 3.8) is 0 Å². The fraction of sp³-hybridized carbons (Fsp3) is 0.242. The molecule has 274 valence electrons. The van der Waals surface area contributed by atoms with E-state index >= 15 is 0 Å². The van der Waals surface area contributed by atoms with Crippen molar-refractivity contribution < 1.29 is 59.3 Å². The zero-order chi connectivity index (χ0) is 38.5. The topological polar surface area (TPSA) is 187 Å². The number of carboxylic acids is 1. The number of hydrogen-bond acceptors (Lipinski definition) is 12. The fourth-order valence-electron chi connectivity index (χ4n) is 4.18. The van der Waals surface area contributed by atoms with Gasteiger partial charge in [-0.2, -0.15) is 8.42 Å². The highest BCUT2D eigenvalue weighted by Gasteiger charge is 2.21. The molecule has 0 radical (unpaired) electrons. The number of rotatable bonds is 10. The molecule has 2 aromatic heterocycles. The van der Waals surface area contributed by atoms with Crippen molar-refractivity contribution in [2.75, 3.05) is 28.4 Å². The third-order valence-electron chi connectivity index (χ3n) is 6.61. The van der Waals surface area contributed by atoms with Crippen molar-refractivity contribution in [3.8, 4) is 22.3 Å². The molecular formula is C33H33ClF2N2O12S. The van der Waals surface area contributed by atoms with Crippen molar-refractivity contribution in [2.45, 2.75) is 20.1 Å². The van der Waals surface area contributed by atoms with Gasteiger partial charge in [0.1, 0.15) is 23.8 Å². The average Bonchev–Trinajstić information content (AvgIpc) is 3.10. The van der Waals surface area contributed by atoms with E-state index in [9.17, 15) is 36.4 Å². The summed E-state index contributed by atoms with van der Waals surface area (Å²) < 4.78 is 69.9. The number of aromatic nitrogens is 2. The molecule has 2 heterocycles. The van der Waals surface area contributed by atoms with E-state index in [0.717, 1.165) is 14.2 Å². The highest BCUT2D eigenvalue weighted by Crippen LogP contribution is 2.34. The first-order valence-electron chi connectivity index (χ1n) is 14.2. The van der Waals surface area contributed by atoms with Gasteiger partial charge in [0.2, 0.25) is 5.43 Å². The van der Waals surface area contributed by atoms with Gasteiger partial charge in [0, 0.05) is 39.0 Å². The van der Waals surface area contributed by atoms with Gasteiger partial charge in [-0.25, -0.2) is 18.4 Å². The number of carboxylic acid groups (broad SMARTS) is 1. The monoisotopic (exact) mass is 754 g/mol. The molecule has 0 saturated carbocycles. The number of hydrogen-bond donors (Lipinski definition) is 1. The first-order chi connectivity index (χ1) is 24.0. The maximum Gasteiger partial charge on any atom is 0.399 e. The van der Waals surface area contributed by atoms with Gasteiger partial charge in [-0.05, 0) is 35.4 Å². The van der Waals surface area contributed by atoms with E-state index in [1.54, 1.807) is 7.05 Å². The normalized spacial score (nSPS) is 10.6. The van der Waals surface area contributed by atoms with Crippen LogP contribution in [0.15, 0.2) is 65.7 Å².